The minimum absolute atomic E-state index is 0.181. The lowest BCUT2D eigenvalue weighted by Gasteiger charge is -2.30. The standard InChI is InChI=1S/C25H33ClF3N5O2/c26-21-16-32-24(33-19-6-4-18(5-7-19)30-10-13-36-25(27,28)29)14-20(21)22-2-1-3-23(34-22)31-15-17-8-11-35-12-9-17/h1-3,14,16-19,30H,4-13,15H2,(H,31,34)(H,32,33)/t18-,19-. The van der Waals surface area contributed by atoms with Gasteiger partial charge in [-0.25, -0.2) is 9.97 Å². The molecule has 0 aromatic carbocycles. The Hall–Kier alpha value is -2.14. The Morgan fingerprint density at radius 1 is 1.03 bits per heavy atom. The smallest absolute Gasteiger partial charge is 0.381 e. The molecule has 2 fully saturated rings. The van der Waals surface area contributed by atoms with Gasteiger partial charge in [0.1, 0.15) is 11.6 Å². The Labute approximate surface area is 214 Å². The second-order valence-corrected chi connectivity index (χ2v) is 9.74. The molecule has 0 radical (unpaired) electrons. The molecule has 0 bridgehead atoms. The summed E-state index contributed by atoms with van der Waals surface area (Å²) in [4.78, 5) is 9.21. The Balaban J connectivity index is 1.28. The molecule has 0 spiro atoms. The maximum absolute atomic E-state index is 12.1. The predicted molar refractivity (Wildman–Crippen MR) is 134 cm³/mol. The van der Waals surface area contributed by atoms with Crippen molar-refractivity contribution in [3.8, 4) is 11.3 Å². The summed E-state index contributed by atoms with van der Waals surface area (Å²) < 4.78 is 45.5. The zero-order valence-electron chi connectivity index (χ0n) is 20.1. The van der Waals surface area contributed by atoms with E-state index in [-0.39, 0.29) is 25.2 Å². The summed E-state index contributed by atoms with van der Waals surface area (Å²) in [6.45, 7) is 2.30. The van der Waals surface area contributed by atoms with Gasteiger partial charge >= 0.3 is 6.36 Å². The number of alkyl halides is 3. The first-order valence-corrected chi connectivity index (χ1v) is 12.9. The van der Waals surface area contributed by atoms with E-state index >= 15 is 0 Å². The molecule has 3 N–H and O–H groups in total. The molecular weight excluding hydrogens is 495 g/mol. The summed E-state index contributed by atoms with van der Waals surface area (Å²) >= 11 is 6.48. The minimum Gasteiger partial charge on any atom is -0.381 e. The van der Waals surface area contributed by atoms with Gasteiger partial charge in [-0.05, 0) is 62.6 Å². The highest BCUT2D eigenvalue weighted by molar-refractivity contribution is 6.33. The molecule has 0 unspecified atom stereocenters. The first-order chi connectivity index (χ1) is 17.4. The molecule has 198 valence electrons. The molecule has 36 heavy (non-hydrogen) atoms. The maximum atomic E-state index is 12.1. The summed E-state index contributed by atoms with van der Waals surface area (Å²) in [5.41, 5.74) is 1.58. The fraction of sp³-hybridized carbons (Fsp3) is 0.600. The van der Waals surface area contributed by atoms with Crippen molar-refractivity contribution in [2.24, 2.45) is 5.92 Å². The van der Waals surface area contributed by atoms with Crippen LogP contribution in [0.1, 0.15) is 38.5 Å². The molecule has 4 rings (SSSR count). The van der Waals surface area contributed by atoms with E-state index < -0.39 is 6.36 Å². The van der Waals surface area contributed by atoms with Crippen molar-refractivity contribution in [3.63, 3.8) is 0 Å². The van der Waals surface area contributed by atoms with E-state index in [1.165, 1.54) is 0 Å². The van der Waals surface area contributed by atoms with Crippen LogP contribution in [0, 0.1) is 5.92 Å². The first-order valence-electron chi connectivity index (χ1n) is 12.5. The Morgan fingerprint density at radius 3 is 2.53 bits per heavy atom. The van der Waals surface area contributed by atoms with Crippen LogP contribution in [-0.4, -0.2) is 61.3 Å². The highest BCUT2D eigenvalue weighted by atomic mass is 35.5. The summed E-state index contributed by atoms with van der Waals surface area (Å²) in [7, 11) is 0. The molecule has 1 aliphatic heterocycles. The number of nitrogens with one attached hydrogen (secondary N) is 3. The van der Waals surface area contributed by atoms with Crippen molar-refractivity contribution in [2.75, 3.05) is 43.5 Å². The van der Waals surface area contributed by atoms with Crippen molar-refractivity contribution < 1.29 is 22.6 Å². The lowest BCUT2D eigenvalue weighted by molar-refractivity contribution is -0.323. The maximum Gasteiger partial charge on any atom is 0.522 e. The zero-order chi connectivity index (χ0) is 25.4. The second-order valence-electron chi connectivity index (χ2n) is 9.34. The summed E-state index contributed by atoms with van der Waals surface area (Å²) in [5, 5.41) is 10.6. The van der Waals surface area contributed by atoms with Gasteiger partial charge in [0, 0.05) is 50.1 Å². The first kappa shape index (κ1) is 26.9. The van der Waals surface area contributed by atoms with Gasteiger partial charge in [-0.15, -0.1) is 13.2 Å². The van der Waals surface area contributed by atoms with Crippen LogP contribution in [0.3, 0.4) is 0 Å². The normalized spacial score (nSPS) is 21.3. The molecule has 1 aliphatic carbocycles. The number of rotatable bonds is 10. The predicted octanol–water partition coefficient (Wildman–Crippen LogP) is 5.48. The zero-order valence-corrected chi connectivity index (χ0v) is 20.9. The molecule has 3 heterocycles. The van der Waals surface area contributed by atoms with Crippen molar-refractivity contribution in [1.82, 2.24) is 15.3 Å². The van der Waals surface area contributed by atoms with E-state index in [9.17, 15) is 13.2 Å². The second kappa shape index (κ2) is 12.9. The van der Waals surface area contributed by atoms with Gasteiger partial charge in [-0.1, -0.05) is 17.7 Å². The average molecular weight is 528 g/mol. The fourth-order valence-corrected chi connectivity index (χ4v) is 4.88. The highest BCUT2D eigenvalue weighted by Crippen LogP contribution is 2.30. The Kier molecular flexibility index (Phi) is 9.64. The number of halogens is 4. The van der Waals surface area contributed by atoms with E-state index in [1.807, 2.05) is 24.3 Å². The Morgan fingerprint density at radius 2 is 1.78 bits per heavy atom. The van der Waals surface area contributed by atoms with Gasteiger partial charge in [-0.3, -0.25) is 4.74 Å². The van der Waals surface area contributed by atoms with E-state index in [1.54, 1.807) is 6.20 Å². The van der Waals surface area contributed by atoms with E-state index in [0.717, 1.165) is 81.2 Å². The third-order valence-electron chi connectivity index (χ3n) is 6.67. The van der Waals surface area contributed by atoms with Crippen LogP contribution in [0.5, 0.6) is 0 Å². The number of anilines is 2. The number of hydrogen-bond donors (Lipinski definition) is 3. The molecule has 11 heteroatoms. The number of aromatic nitrogens is 2. The van der Waals surface area contributed by atoms with Gasteiger partial charge in [-0.2, -0.15) is 0 Å². The van der Waals surface area contributed by atoms with Crippen LogP contribution >= 0.6 is 11.6 Å². The number of pyridine rings is 2. The van der Waals surface area contributed by atoms with Crippen LogP contribution in [0.4, 0.5) is 24.8 Å². The van der Waals surface area contributed by atoms with Crippen molar-refractivity contribution in [2.45, 2.75) is 57.0 Å². The molecular formula is C25H33ClF3N5O2. The summed E-state index contributed by atoms with van der Waals surface area (Å²) in [5.74, 6) is 2.13. The topological polar surface area (TPSA) is 80.3 Å². The van der Waals surface area contributed by atoms with Gasteiger partial charge in [0.25, 0.3) is 0 Å². The van der Waals surface area contributed by atoms with Gasteiger partial charge in [0.05, 0.1) is 17.3 Å². The molecule has 1 saturated heterocycles. The molecule has 1 saturated carbocycles. The average Bonchev–Trinajstić information content (AvgIpc) is 2.88. The fourth-order valence-electron chi connectivity index (χ4n) is 4.68. The molecule has 2 aromatic rings. The number of ether oxygens (including phenoxy) is 2. The SMILES string of the molecule is FC(F)(F)OCCN[C@H]1CC[C@H](Nc2cc(-c3cccc(NCC4CCOCC4)n3)c(Cl)cn2)CC1. The monoisotopic (exact) mass is 527 g/mol. The third-order valence-corrected chi connectivity index (χ3v) is 6.97. The van der Waals surface area contributed by atoms with Crippen LogP contribution in [-0.2, 0) is 9.47 Å². The van der Waals surface area contributed by atoms with Crippen molar-refractivity contribution in [1.29, 1.82) is 0 Å². The van der Waals surface area contributed by atoms with Crippen LogP contribution in [0.15, 0.2) is 30.5 Å². The van der Waals surface area contributed by atoms with Gasteiger partial charge in [0.2, 0.25) is 0 Å². The van der Waals surface area contributed by atoms with Gasteiger partial charge in [0.15, 0.2) is 0 Å². The number of nitrogens with zero attached hydrogens (tertiary/aromatic N) is 2. The molecule has 2 aliphatic rings. The highest BCUT2D eigenvalue weighted by Gasteiger charge is 2.29. The van der Waals surface area contributed by atoms with Crippen LogP contribution in [0.2, 0.25) is 5.02 Å². The lowest BCUT2D eigenvalue weighted by Crippen LogP contribution is -2.39. The lowest BCUT2D eigenvalue weighted by atomic mass is 9.91. The summed E-state index contributed by atoms with van der Waals surface area (Å²) in [6.07, 6.45) is 2.69. The number of hydrogen-bond acceptors (Lipinski definition) is 7. The summed E-state index contributed by atoms with van der Waals surface area (Å²) in [6, 6.07) is 8.20. The van der Waals surface area contributed by atoms with Crippen molar-refractivity contribution >= 4 is 23.2 Å². The van der Waals surface area contributed by atoms with E-state index in [4.69, 9.17) is 21.3 Å². The van der Waals surface area contributed by atoms with E-state index in [2.05, 4.69) is 25.7 Å². The third kappa shape index (κ3) is 8.47. The Bertz CT molecular complexity index is 967. The largest absolute Gasteiger partial charge is 0.522 e. The van der Waals surface area contributed by atoms with Crippen LogP contribution in [0.25, 0.3) is 11.3 Å². The molecule has 0 amide bonds. The minimum atomic E-state index is -4.58. The molecule has 2 aromatic heterocycles. The quantitative estimate of drug-likeness (QED) is 0.353. The van der Waals surface area contributed by atoms with E-state index in [0.29, 0.717) is 10.9 Å². The van der Waals surface area contributed by atoms with Crippen LogP contribution < -0.4 is 16.0 Å². The van der Waals surface area contributed by atoms with Crippen molar-refractivity contribution in [3.05, 3.63) is 35.5 Å². The molecule has 0 atom stereocenters. The van der Waals surface area contributed by atoms with Gasteiger partial charge < -0.3 is 20.7 Å². The molecule has 7 nitrogen and oxygen atoms in total.